The largest absolute Gasteiger partial charge is 0.370 e. The number of piperidine rings is 1. The maximum absolute atomic E-state index is 11.3. The highest BCUT2D eigenvalue weighted by molar-refractivity contribution is 5.91. The van der Waals surface area contributed by atoms with Crippen LogP contribution in [0.15, 0.2) is 18.3 Å². The molecule has 2 rings (SSSR count). The normalized spacial score (nSPS) is 18.8. The van der Waals surface area contributed by atoms with E-state index in [9.17, 15) is 4.79 Å². The van der Waals surface area contributed by atoms with Gasteiger partial charge in [0.05, 0.1) is 0 Å². The molecular formula is C15H24N4O. The van der Waals surface area contributed by atoms with Gasteiger partial charge in [0.15, 0.2) is 0 Å². The lowest BCUT2D eigenvalue weighted by Gasteiger charge is -2.32. The van der Waals surface area contributed by atoms with Crippen molar-refractivity contribution in [2.45, 2.75) is 38.6 Å². The molecule has 1 amide bonds. The Balaban J connectivity index is 2.10. The van der Waals surface area contributed by atoms with Crippen molar-refractivity contribution in [2.75, 3.05) is 24.5 Å². The molecule has 1 fully saturated rings. The van der Waals surface area contributed by atoms with Crippen molar-refractivity contribution >= 4 is 11.6 Å². The van der Waals surface area contributed by atoms with Crippen molar-refractivity contribution in [3.63, 3.8) is 0 Å². The fraction of sp³-hybridized carbons (Fsp3) is 0.600. The summed E-state index contributed by atoms with van der Waals surface area (Å²) < 4.78 is 0. The molecule has 5 heteroatoms. The number of carbonyl (C=O) groups is 1. The number of hydrogen-bond donors (Lipinski definition) is 2. The second-order valence-corrected chi connectivity index (χ2v) is 5.36. The van der Waals surface area contributed by atoms with Gasteiger partial charge in [-0.2, -0.15) is 0 Å². The number of nitrogens with zero attached hydrogens (tertiary/aromatic N) is 2. The van der Waals surface area contributed by atoms with Crippen molar-refractivity contribution in [3.05, 3.63) is 24.0 Å². The highest BCUT2D eigenvalue weighted by Gasteiger charge is 2.17. The summed E-state index contributed by atoms with van der Waals surface area (Å²) in [4.78, 5) is 17.6. The van der Waals surface area contributed by atoms with E-state index in [0.717, 1.165) is 31.7 Å². The van der Waals surface area contributed by atoms with E-state index in [4.69, 9.17) is 5.73 Å². The number of anilines is 1. The van der Waals surface area contributed by atoms with Crippen LogP contribution in [0.25, 0.3) is 0 Å². The first-order valence-corrected chi connectivity index (χ1v) is 7.45. The number of hydrogen-bond acceptors (Lipinski definition) is 4. The molecule has 0 aromatic carbocycles. The summed E-state index contributed by atoms with van der Waals surface area (Å²) >= 11 is 0. The van der Waals surface area contributed by atoms with E-state index in [1.165, 1.54) is 19.3 Å². The Labute approximate surface area is 120 Å². The summed E-state index contributed by atoms with van der Waals surface area (Å²) in [6.07, 6.45) is 6.51. The molecule has 0 bridgehead atoms. The molecule has 1 aromatic rings. The van der Waals surface area contributed by atoms with E-state index >= 15 is 0 Å². The molecule has 2 heterocycles. The van der Waals surface area contributed by atoms with Crippen LogP contribution in [0.4, 0.5) is 5.69 Å². The topological polar surface area (TPSA) is 71.2 Å². The third-order valence-corrected chi connectivity index (χ3v) is 3.71. The van der Waals surface area contributed by atoms with E-state index in [1.807, 2.05) is 6.07 Å². The molecule has 0 aliphatic carbocycles. The lowest BCUT2D eigenvalue weighted by molar-refractivity contribution is 0.0995. The Kier molecular flexibility index (Phi) is 5.35. The number of nitrogens with two attached hydrogens (primary N) is 1. The second kappa shape index (κ2) is 7.24. The number of aromatic nitrogens is 1. The lowest BCUT2D eigenvalue weighted by Crippen LogP contribution is -2.44. The monoisotopic (exact) mass is 276 g/mol. The van der Waals surface area contributed by atoms with E-state index in [-0.39, 0.29) is 0 Å². The molecule has 3 N–H and O–H groups in total. The Morgan fingerprint density at radius 3 is 3.05 bits per heavy atom. The van der Waals surface area contributed by atoms with Gasteiger partial charge >= 0.3 is 0 Å². The van der Waals surface area contributed by atoms with Gasteiger partial charge in [-0.1, -0.05) is 13.3 Å². The van der Waals surface area contributed by atoms with Crippen LogP contribution in [0.2, 0.25) is 0 Å². The van der Waals surface area contributed by atoms with Crippen LogP contribution < -0.4 is 16.0 Å². The number of carbonyl (C=O) groups excluding carboxylic acids is 1. The van der Waals surface area contributed by atoms with Gasteiger partial charge in [-0.15, -0.1) is 0 Å². The zero-order valence-corrected chi connectivity index (χ0v) is 12.1. The molecule has 20 heavy (non-hydrogen) atoms. The number of pyridine rings is 1. The quantitative estimate of drug-likeness (QED) is 0.827. The van der Waals surface area contributed by atoms with Crippen LogP contribution in [0.5, 0.6) is 0 Å². The van der Waals surface area contributed by atoms with Gasteiger partial charge in [-0.05, 0) is 37.9 Å². The van der Waals surface area contributed by atoms with Gasteiger partial charge < -0.3 is 16.0 Å². The smallest absolute Gasteiger partial charge is 0.267 e. The standard InChI is InChI=1S/C15H24N4O/c1-2-9-19(11-12-5-3-4-7-17-12)13-6-8-18-14(10-13)15(16)20/h6,8,10,12,17H,2-5,7,9,11H2,1H3,(H2,16,20). The highest BCUT2D eigenvalue weighted by atomic mass is 16.1. The maximum atomic E-state index is 11.3. The van der Waals surface area contributed by atoms with Gasteiger partial charge in [0.2, 0.25) is 0 Å². The van der Waals surface area contributed by atoms with Crippen LogP contribution in [0.3, 0.4) is 0 Å². The number of primary amides is 1. The van der Waals surface area contributed by atoms with Crippen LogP contribution in [-0.2, 0) is 0 Å². The van der Waals surface area contributed by atoms with Crippen molar-refractivity contribution in [1.82, 2.24) is 10.3 Å². The Morgan fingerprint density at radius 1 is 1.55 bits per heavy atom. The predicted octanol–water partition coefficient (Wildman–Crippen LogP) is 1.54. The number of rotatable bonds is 6. The zero-order chi connectivity index (χ0) is 14.4. The van der Waals surface area contributed by atoms with E-state index in [0.29, 0.717) is 11.7 Å². The molecule has 5 nitrogen and oxygen atoms in total. The molecule has 0 radical (unpaired) electrons. The van der Waals surface area contributed by atoms with E-state index in [1.54, 1.807) is 12.3 Å². The number of amides is 1. The average molecular weight is 276 g/mol. The van der Waals surface area contributed by atoms with Crippen LogP contribution in [0, 0.1) is 0 Å². The summed E-state index contributed by atoms with van der Waals surface area (Å²) in [5.74, 6) is -0.473. The Morgan fingerprint density at radius 2 is 2.40 bits per heavy atom. The minimum atomic E-state index is -0.473. The summed E-state index contributed by atoms with van der Waals surface area (Å²) in [6.45, 7) is 5.21. The first-order chi connectivity index (χ1) is 9.70. The van der Waals surface area contributed by atoms with Crippen molar-refractivity contribution in [3.8, 4) is 0 Å². The van der Waals surface area contributed by atoms with Crippen molar-refractivity contribution < 1.29 is 4.79 Å². The third-order valence-electron chi connectivity index (χ3n) is 3.71. The second-order valence-electron chi connectivity index (χ2n) is 5.36. The van der Waals surface area contributed by atoms with Crippen LogP contribution >= 0.6 is 0 Å². The summed E-state index contributed by atoms with van der Waals surface area (Å²) in [7, 11) is 0. The minimum Gasteiger partial charge on any atom is -0.370 e. The predicted molar refractivity (Wildman–Crippen MR) is 80.9 cm³/mol. The molecule has 1 atom stereocenters. The molecule has 1 unspecified atom stereocenters. The SMILES string of the molecule is CCCN(CC1CCCCN1)c1ccnc(C(N)=O)c1. The first-order valence-electron chi connectivity index (χ1n) is 7.45. The van der Waals surface area contributed by atoms with Gasteiger partial charge in [0.25, 0.3) is 5.91 Å². The maximum Gasteiger partial charge on any atom is 0.267 e. The molecule has 0 spiro atoms. The van der Waals surface area contributed by atoms with E-state index < -0.39 is 5.91 Å². The molecule has 1 aliphatic heterocycles. The number of nitrogens with one attached hydrogen (secondary N) is 1. The van der Waals surface area contributed by atoms with Crippen molar-refractivity contribution in [2.24, 2.45) is 5.73 Å². The minimum absolute atomic E-state index is 0.334. The molecule has 1 saturated heterocycles. The first kappa shape index (κ1) is 14.8. The van der Waals surface area contributed by atoms with Crippen molar-refractivity contribution in [1.29, 1.82) is 0 Å². The van der Waals surface area contributed by atoms with Gasteiger partial charge in [-0.3, -0.25) is 9.78 Å². The molecule has 110 valence electrons. The summed E-state index contributed by atoms with van der Waals surface area (Å²) in [5.41, 5.74) is 6.67. The molecule has 0 saturated carbocycles. The Hall–Kier alpha value is -1.62. The average Bonchev–Trinajstić information content (AvgIpc) is 2.48. The fourth-order valence-electron chi connectivity index (χ4n) is 2.69. The van der Waals surface area contributed by atoms with Gasteiger partial charge in [0.1, 0.15) is 5.69 Å². The molecule has 1 aliphatic rings. The van der Waals surface area contributed by atoms with Crippen LogP contribution in [0.1, 0.15) is 43.1 Å². The zero-order valence-electron chi connectivity index (χ0n) is 12.1. The van der Waals surface area contributed by atoms with Gasteiger partial charge in [0, 0.05) is 31.0 Å². The fourth-order valence-corrected chi connectivity index (χ4v) is 2.69. The lowest BCUT2D eigenvalue weighted by atomic mass is 10.0. The third kappa shape index (κ3) is 3.93. The highest BCUT2D eigenvalue weighted by Crippen LogP contribution is 2.17. The summed E-state index contributed by atoms with van der Waals surface area (Å²) in [5, 5.41) is 3.57. The Bertz CT molecular complexity index is 443. The van der Waals surface area contributed by atoms with E-state index in [2.05, 4.69) is 22.1 Å². The summed E-state index contributed by atoms with van der Waals surface area (Å²) in [6, 6.07) is 4.27. The molecule has 1 aromatic heterocycles. The molecular weight excluding hydrogens is 252 g/mol. The van der Waals surface area contributed by atoms with Gasteiger partial charge in [-0.25, -0.2) is 0 Å². The van der Waals surface area contributed by atoms with Crippen LogP contribution in [-0.4, -0.2) is 36.6 Å².